The minimum absolute atomic E-state index is 0.0201. The van der Waals surface area contributed by atoms with Crippen molar-refractivity contribution in [2.24, 2.45) is 11.3 Å². The molecule has 0 rings (SSSR count). The van der Waals surface area contributed by atoms with Crippen molar-refractivity contribution in [3.63, 3.8) is 0 Å². The topological polar surface area (TPSA) is 29.5 Å². The van der Waals surface area contributed by atoms with Crippen molar-refractivity contribution in [2.45, 2.75) is 47.0 Å². The van der Waals surface area contributed by atoms with E-state index in [1.54, 1.807) is 0 Å². The molecule has 0 spiro atoms. The van der Waals surface area contributed by atoms with E-state index in [0.717, 1.165) is 26.1 Å². The summed E-state index contributed by atoms with van der Waals surface area (Å²) in [5.74, 6) is 0.502. The van der Waals surface area contributed by atoms with Gasteiger partial charge in [-0.3, -0.25) is 0 Å². The Morgan fingerprint density at radius 2 is 1.93 bits per heavy atom. The SMILES string of the molecule is CCCCOCCC(C)(CO)C(C)C. The van der Waals surface area contributed by atoms with Crippen molar-refractivity contribution in [2.75, 3.05) is 19.8 Å². The molecule has 2 nitrogen and oxygen atoms in total. The smallest absolute Gasteiger partial charge is 0.0488 e. The Kier molecular flexibility index (Phi) is 7.20. The fraction of sp³-hybridized carbons (Fsp3) is 1.00. The van der Waals surface area contributed by atoms with Crippen molar-refractivity contribution < 1.29 is 9.84 Å². The van der Waals surface area contributed by atoms with E-state index in [0.29, 0.717) is 5.92 Å². The third-order valence-electron chi connectivity index (χ3n) is 3.21. The van der Waals surface area contributed by atoms with Gasteiger partial charge in [0, 0.05) is 19.8 Å². The molecule has 1 atom stereocenters. The lowest BCUT2D eigenvalue weighted by Crippen LogP contribution is -2.29. The molecule has 0 bridgehead atoms. The van der Waals surface area contributed by atoms with Crippen LogP contribution in [0, 0.1) is 11.3 Å². The number of aliphatic hydroxyl groups is 1. The van der Waals surface area contributed by atoms with Crippen LogP contribution in [0.25, 0.3) is 0 Å². The van der Waals surface area contributed by atoms with Gasteiger partial charge in [0.15, 0.2) is 0 Å². The average molecular weight is 202 g/mol. The number of hydrogen-bond acceptors (Lipinski definition) is 2. The van der Waals surface area contributed by atoms with Gasteiger partial charge in [0.25, 0.3) is 0 Å². The predicted molar refractivity (Wildman–Crippen MR) is 60.4 cm³/mol. The van der Waals surface area contributed by atoms with Gasteiger partial charge in [-0.15, -0.1) is 0 Å². The van der Waals surface area contributed by atoms with E-state index in [1.165, 1.54) is 6.42 Å². The van der Waals surface area contributed by atoms with Gasteiger partial charge in [-0.25, -0.2) is 0 Å². The van der Waals surface area contributed by atoms with E-state index < -0.39 is 0 Å². The highest BCUT2D eigenvalue weighted by atomic mass is 16.5. The fourth-order valence-electron chi connectivity index (χ4n) is 1.20. The molecule has 0 aromatic heterocycles. The Bertz CT molecular complexity index is 134. The van der Waals surface area contributed by atoms with E-state index in [1.807, 2.05) is 0 Å². The molecule has 0 aliphatic carbocycles. The molecule has 0 aromatic carbocycles. The molecule has 0 aromatic rings. The molecule has 0 aliphatic heterocycles. The molecule has 0 radical (unpaired) electrons. The minimum Gasteiger partial charge on any atom is -0.396 e. The standard InChI is InChI=1S/C12H26O2/c1-5-6-8-14-9-7-12(4,10-13)11(2)3/h11,13H,5-10H2,1-4H3. The largest absolute Gasteiger partial charge is 0.396 e. The molecule has 14 heavy (non-hydrogen) atoms. The van der Waals surface area contributed by atoms with Crippen molar-refractivity contribution in [1.29, 1.82) is 0 Å². The van der Waals surface area contributed by atoms with Crippen LogP contribution < -0.4 is 0 Å². The summed E-state index contributed by atoms with van der Waals surface area (Å²) in [4.78, 5) is 0. The second-order valence-electron chi connectivity index (χ2n) is 4.68. The first kappa shape index (κ1) is 13.9. The number of rotatable bonds is 8. The third-order valence-corrected chi connectivity index (χ3v) is 3.21. The molecule has 0 fully saturated rings. The van der Waals surface area contributed by atoms with Gasteiger partial charge in [0.1, 0.15) is 0 Å². The first-order valence-corrected chi connectivity index (χ1v) is 5.75. The van der Waals surface area contributed by atoms with E-state index >= 15 is 0 Å². The van der Waals surface area contributed by atoms with E-state index in [2.05, 4.69) is 27.7 Å². The van der Waals surface area contributed by atoms with E-state index in [9.17, 15) is 5.11 Å². The van der Waals surface area contributed by atoms with Gasteiger partial charge in [-0.2, -0.15) is 0 Å². The van der Waals surface area contributed by atoms with Crippen molar-refractivity contribution >= 4 is 0 Å². The normalized spacial score (nSPS) is 15.9. The van der Waals surface area contributed by atoms with E-state index in [4.69, 9.17) is 4.74 Å². The molecular weight excluding hydrogens is 176 g/mol. The maximum Gasteiger partial charge on any atom is 0.0488 e. The molecular formula is C12H26O2. The molecule has 2 heteroatoms. The quantitative estimate of drug-likeness (QED) is 0.613. The molecule has 0 amide bonds. The minimum atomic E-state index is 0.0201. The van der Waals surface area contributed by atoms with Crippen molar-refractivity contribution in [3.8, 4) is 0 Å². The number of hydrogen-bond donors (Lipinski definition) is 1. The fourth-order valence-corrected chi connectivity index (χ4v) is 1.20. The highest BCUT2D eigenvalue weighted by Gasteiger charge is 2.26. The lowest BCUT2D eigenvalue weighted by Gasteiger charge is -2.31. The average Bonchev–Trinajstić information content (AvgIpc) is 2.17. The summed E-state index contributed by atoms with van der Waals surface area (Å²) in [5.41, 5.74) is 0.0201. The summed E-state index contributed by atoms with van der Waals surface area (Å²) in [6, 6.07) is 0. The molecule has 1 N–H and O–H groups in total. The highest BCUT2D eigenvalue weighted by Crippen LogP contribution is 2.30. The van der Waals surface area contributed by atoms with Crippen LogP contribution in [-0.2, 0) is 4.74 Å². The summed E-state index contributed by atoms with van der Waals surface area (Å²) in [5, 5.41) is 9.30. The Hall–Kier alpha value is -0.0800. The van der Waals surface area contributed by atoms with Crippen molar-refractivity contribution in [3.05, 3.63) is 0 Å². The van der Waals surface area contributed by atoms with Gasteiger partial charge in [0.05, 0.1) is 0 Å². The van der Waals surface area contributed by atoms with Crippen LogP contribution in [-0.4, -0.2) is 24.9 Å². The van der Waals surface area contributed by atoms with Crippen LogP contribution in [0.5, 0.6) is 0 Å². The van der Waals surface area contributed by atoms with Crippen LogP contribution in [0.2, 0.25) is 0 Å². The van der Waals surface area contributed by atoms with Gasteiger partial charge in [0.2, 0.25) is 0 Å². The first-order chi connectivity index (χ1) is 6.56. The zero-order valence-electron chi connectivity index (χ0n) is 10.2. The predicted octanol–water partition coefficient (Wildman–Crippen LogP) is 2.85. The maximum absolute atomic E-state index is 9.30. The zero-order valence-corrected chi connectivity index (χ0v) is 10.2. The molecule has 0 heterocycles. The molecule has 0 aliphatic rings. The van der Waals surface area contributed by atoms with Crippen LogP contribution >= 0.6 is 0 Å². The highest BCUT2D eigenvalue weighted by molar-refractivity contribution is 4.76. The zero-order chi connectivity index (χ0) is 11.0. The lowest BCUT2D eigenvalue weighted by atomic mass is 9.77. The number of unbranched alkanes of at least 4 members (excludes halogenated alkanes) is 1. The van der Waals surface area contributed by atoms with Crippen LogP contribution in [0.15, 0.2) is 0 Å². The Labute approximate surface area is 88.7 Å². The van der Waals surface area contributed by atoms with Crippen LogP contribution in [0.3, 0.4) is 0 Å². The van der Waals surface area contributed by atoms with Gasteiger partial charge in [-0.05, 0) is 24.2 Å². The monoisotopic (exact) mass is 202 g/mol. The summed E-state index contributed by atoms with van der Waals surface area (Å²) in [6.07, 6.45) is 3.27. The summed E-state index contributed by atoms with van der Waals surface area (Å²) in [7, 11) is 0. The van der Waals surface area contributed by atoms with Crippen LogP contribution in [0.4, 0.5) is 0 Å². The summed E-state index contributed by atoms with van der Waals surface area (Å²) < 4.78 is 5.51. The summed E-state index contributed by atoms with van der Waals surface area (Å²) in [6.45, 7) is 10.5. The second kappa shape index (κ2) is 7.24. The Balaban J connectivity index is 3.63. The van der Waals surface area contributed by atoms with Crippen LogP contribution in [0.1, 0.15) is 47.0 Å². The molecule has 86 valence electrons. The Morgan fingerprint density at radius 1 is 1.29 bits per heavy atom. The van der Waals surface area contributed by atoms with Gasteiger partial charge in [-0.1, -0.05) is 34.1 Å². The molecule has 0 saturated carbocycles. The molecule has 0 saturated heterocycles. The molecule has 1 unspecified atom stereocenters. The first-order valence-electron chi connectivity index (χ1n) is 5.75. The third kappa shape index (κ3) is 4.97. The van der Waals surface area contributed by atoms with Gasteiger partial charge >= 0.3 is 0 Å². The maximum atomic E-state index is 9.30. The van der Waals surface area contributed by atoms with E-state index in [-0.39, 0.29) is 12.0 Å². The number of ether oxygens (including phenoxy) is 1. The van der Waals surface area contributed by atoms with Crippen molar-refractivity contribution in [1.82, 2.24) is 0 Å². The number of aliphatic hydroxyl groups excluding tert-OH is 1. The lowest BCUT2D eigenvalue weighted by molar-refractivity contribution is 0.0383. The second-order valence-corrected chi connectivity index (χ2v) is 4.68. The van der Waals surface area contributed by atoms with Gasteiger partial charge < -0.3 is 9.84 Å². The summed E-state index contributed by atoms with van der Waals surface area (Å²) >= 11 is 0. The Morgan fingerprint density at radius 3 is 2.36 bits per heavy atom.